The van der Waals surface area contributed by atoms with Gasteiger partial charge in [0.2, 0.25) is 5.91 Å². The molecule has 0 radical (unpaired) electrons. The maximum absolute atomic E-state index is 11.1. The number of hydrogen-bond donors (Lipinski definition) is 3. The molecule has 0 fully saturated rings. The van der Waals surface area contributed by atoms with Gasteiger partial charge < -0.3 is 15.7 Å². The lowest BCUT2D eigenvalue weighted by Gasteiger charge is -2.26. The van der Waals surface area contributed by atoms with Crippen molar-refractivity contribution in [2.45, 2.75) is 40.2 Å². The van der Waals surface area contributed by atoms with Gasteiger partial charge in [0.15, 0.2) is 0 Å². The Balaban J connectivity index is 2.63. The van der Waals surface area contributed by atoms with Crippen molar-refractivity contribution in [2.75, 3.05) is 18.5 Å². The number of amides is 1. The molecule has 0 aliphatic carbocycles. The zero-order chi connectivity index (χ0) is 15.2. The lowest BCUT2D eigenvalue weighted by atomic mass is 9.89. The number of hydrogen-bond acceptors (Lipinski definition) is 3. The van der Waals surface area contributed by atoms with Gasteiger partial charge in [-0.3, -0.25) is 4.79 Å². The molecule has 0 saturated heterocycles. The molecule has 0 bridgehead atoms. The molecule has 4 heteroatoms. The van der Waals surface area contributed by atoms with Gasteiger partial charge in [0.1, 0.15) is 0 Å². The van der Waals surface area contributed by atoms with E-state index in [1.54, 1.807) is 0 Å². The molecule has 1 aromatic rings. The number of nitrogens with one attached hydrogen (secondary N) is 2. The number of aliphatic hydroxyl groups excluding tert-OH is 1. The fourth-order valence-corrected chi connectivity index (χ4v) is 2.03. The van der Waals surface area contributed by atoms with E-state index in [9.17, 15) is 4.79 Å². The Hall–Kier alpha value is -1.39. The molecular weight excluding hydrogens is 252 g/mol. The van der Waals surface area contributed by atoms with Crippen LogP contribution < -0.4 is 10.6 Å². The molecule has 1 atom stereocenters. The summed E-state index contributed by atoms with van der Waals surface area (Å²) < 4.78 is 0. The third kappa shape index (κ3) is 5.72. The van der Waals surface area contributed by atoms with Gasteiger partial charge in [-0.05, 0) is 36.5 Å². The van der Waals surface area contributed by atoms with E-state index in [1.807, 2.05) is 24.3 Å². The monoisotopic (exact) mass is 278 g/mol. The van der Waals surface area contributed by atoms with Crippen molar-refractivity contribution in [3.63, 3.8) is 0 Å². The van der Waals surface area contributed by atoms with Gasteiger partial charge in [-0.25, -0.2) is 0 Å². The second kappa shape index (κ2) is 7.41. The van der Waals surface area contributed by atoms with E-state index in [0.29, 0.717) is 0 Å². The SMILES string of the molecule is CC(=O)Nc1cccc(C(C)NCC(C)(C)CCO)c1. The molecule has 0 aliphatic heterocycles. The Labute approximate surface area is 121 Å². The Kier molecular flexibility index (Phi) is 6.17. The highest BCUT2D eigenvalue weighted by Gasteiger charge is 2.18. The largest absolute Gasteiger partial charge is 0.396 e. The second-order valence-corrected chi connectivity index (χ2v) is 6.05. The zero-order valence-electron chi connectivity index (χ0n) is 12.9. The predicted octanol–water partition coefficient (Wildman–Crippen LogP) is 2.70. The molecule has 1 unspecified atom stereocenters. The summed E-state index contributed by atoms with van der Waals surface area (Å²) in [6.07, 6.45) is 0.776. The third-order valence-corrected chi connectivity index (χ3v) is 3.38. The van der Waals surface area contributed by atoms with E-state index in [4.69, 9.17) is 5.11 Å². The predicted molar refractivity (Wildman–Crippen MR) is 82.6 cm³/mol. The number of carbonyl (C=O) groups is 1. The number of benzene rings is 1. The summed E-state index contributed by atoms with van der Waals surface area (Å²) in [4.78, 5) is 11.1. The van der Waals surface area contributed by atoms with Crippen LogP contribution >= 0.6 is 0 Å². The maximum atomic E-state index is 11.1. The quantitative estimate of drug-likeness (QED) is 0.718. The average molecular weight is 278 g/mol. The number of aliphatic hydroxyl groups is 1. The number of carbonyl (C=O) groups excluding carboxylic acids is 1. The Bertz CT molecular complexity index is 444. The average Bonchev–Trinajstić information content (AvgIpc) is 2.35. The van der Waals surface area contributed by atoms with E-state index in [1.165, 1.54) is 6.92 Å². The summed E-state index contributed by atoms with van der Waals surface area (Å²) in [5, 5.41) is 15.3. The molecule has 0 aromatic heterocycles. The minimum absolute atomic E-state index is 0.0631. The summed E-state index contributed by atoms with van der Waals surface area (Å²) >= 11 is 0. The van der Waals surface area contributed by atoms with Crippen molar-refractivity contribution in [3.8, 4) is 0 Å². The lowest BCUT2D eigenvalue weighted by Crippen LogP contribution is -2.32. The molecule has 112 valence electrons. The standard InChI is InChI=1S/C16H26N2O2/c1-12(17-11-16(3,4)8-9-19)14-6-5-7-15(10-14)18-13(2)20/h5-7,10,12,17,19H,8-9,11H2,1-4H3,(H,18,20). The maximum Gasteiger partial charge on any atom is 0.221 e. The molecule has 0 aliphatic rings. The van der Waals surface area contributed by atoms with Crippen LogP contribution in [0.1, 0.15) is 45.7 Å². The summed E-state index contributed by atoms with van der Waals surface area (Å²) in [6, 6.07) is 8.05. The highest BCUT2D eigenvalue weighted by Crippen LogP contribution is 2.22. The molecule has 1 aromatic carbocycles. The van der Waals surface area contributed by atoms with Gasteiger partial charge in [0.05, 0.1) is 0 Å². The van der Waals surface area contributed by atoms with E-state index in [2.05, 4.69) is 31.4 Å². The van der Waals surface area contributed by atoms with Crippen molar-refractivity contribution >= 4 is 11.6 Å². The summed E-state index contributed by atoms with van der Waals surface area (Å²) in [5.41, 5.74) is 2.02. The molecule has 20 heavy (non-hydrogen) atoms. The van der Waals surface area contributed by atoms with Gasteiger partial charge in [-0.1, -0.05) is 26.0 Å². The van der Waals surface area contributed by atoms with E-state index >= 15 is 0 Å². The first kappa shape index (κ1) is 16.7. The van der Waals surface area contributed by atoms with E-state index < -0.39 is 0 Å². The van der Waals surface area contributed by atoms with Crippen LogP contribution in [0.4, 0.5) is 5.69 Å². The molecule has 4 nitrogen and oxygen atoms in total. The second-order valence-electron chi connectivity index (χ2n) is 6.05. The molecule has 1 amide bonds. The topological polar surface area (TPSA) is 61.4 Å². The minimum atomic E-state index is -0.0631. The van der Waals surface area contributed by atoms with Crippen LogP contribution in [0.25, 0.3) is 0 Å². The van der Waals surface area contributed by atoms with Crippen molar-refractivity contribution in [2.24, 2.45) is 5.41 Å². The lowest BCUT2D eigenvalue weighted by molar-refractivity contribution is -0.114. The fourth-order valence-electron chi connectivity index (χ4n) is 2.03. The molecule has 0 saturated carbocycles. The van der Waals surface area contributed by atoms with Gasteiger partial charge in [0, 0.05) is 31.8 Å². The highest BCUT2D eigenvalue weighted by atomic mass is 16.3. The summed E-state index contributed by atoms with van der Waals surface area (Å²) in [7, 11) is 0. The first-order chi connectivity index (χ1) is 9.34. The summed E-state index contributed by atoms with van der Waals surface area (Å²) in [5.74, 6) is -0.0631. The Morgan fingerprint density at radius 2 is 2.10 bits per heavy atom. The van der Waals surface area contributed by atoms with E-state index in [-0.39, 0.29) is 24.0 Å². The van der Waals surface area contributed by atoms with Crippen molar-refractivity contribution in [1.82, 2.24) is 5.32 Å². The smallest absolute Gasteiger partial charge is 0.221 e. The third-order valence-electron chi connectivity index (χ3n) is 3.38. The molecule has 0 heterocycles. The van der Waals surface area contributed by atoms with Gasteiger partial charge in [-0.2, -0.15) is 0 Å². The van der Waals surface area contributed by atoms with Crippen LogP contribution in [0.2, 0.25) is 0 Å². The van der Waals surface area contributed by atoms with Crippen LogP contribution in [0.15, 0.2) is 24.3 Å². The van der Waals surface area contributed by atoms with Crippen molar-refractivity contribution in [3.05, 3.63) is 29.8 Å². The van der Waals surface area contributed by atoms with Gasteiger partial charge in [-0.15, -0.1) is 0 Å². The molecule has 0 spiro atoms. The van der Waals surface area contributed by atoms with Crippen LogP contribution in [-0.2, 0) is 4.79 Å². The Morgan fingerprint density at radius 3 is 2.70 bits per heavy atom. The highest BCUT2D eigenvalue weighted by molar-refractivity contribution is 5.88. The van der Waals surface area contributed by atoms with Crippen molar-refractivity contribution in [1.29, 1.82) is 0 Å². The van der Waals surface area contributed by atoms with Crippen LogP contribution in [0.5, 0.6) is 0 Å². The molecular formula is C16H26N2O2. The molecule has 3 N–H and O–H groups in total. The van der Waals surface area contributed by atoms with Crippen molar-refractivity contribution < 1.29 is 9.90 Å². The fraction of sp³-hybridized carbons (Fsp3) is 0.562. The first-order valence-electron chi connectivity index (χ1n) is 7.06. The Morgan fingerprint density at radius 1 is 1.40 bits per heavy atom. The van der Waals surface area contributed by atoms with Gasteiger partial charge >= 0.3 is 0 Å². The minimum Gasteiger partial charge on any atom is -0.396 e. The zero-order valence-corrected chi connectivity index (χ0v) is 12.9. The normalized spacial score (nSPS) is 13.1. The van der Waals surface area contributed by atoms with Crippen LogP contribution in [0.3, 0.4) is 0 Å². The summed E-state index contributed by atoms with van der Waals surface area (Å²) in [6.45, 7) is 8.92. The number of anilines is 1. The van der Waals surface area contributed by atoms with E-state index in [0.717, 1.165) is 24.2 Å². The number of rotatable bonds is 7. The van der Waals surface area contributed by atoms with Gasteiger partial charge in [0.25, 0.3) is 0 Å². The first-order valence-corrected chi connectivity index (χ1v) is 7.06. The molecule has 1 rings (SSSR count). The van der Waals surface area contributed by atoms with Crippen LogP contribution in [-0.4, -0.2) is 24.2 Å². The van der Waals surface area contributed by atoms with Crippen LogP contribution in [0, 0.1) is 5.41 Å².